The molecular weight excluding hydrogens is 130 g/mol. The molecule has 0 saturated carbocycles. The molecule has 0 aliphatic rings. The Morgan fingerprint density at radius 2 is 2.20 bits per heavy atom. The zero-order valence-electron chi connectivity index (χ0n) is 6.64. The van der Waals surface area contributed by atoms with Gasteiger partial charge in [-0.1, -0.05) is 0 Å². The average Bonchev–Trinajstić information content (AvgIpc) is 1.89. The van der Waals surface area contributed by atoms with Crippen LogP contribution in [0.1, 0.15) is 19.8 Å². The van der Waals surface area contributed by atoms with Crippen LogP contribution in [-0.4, -0.2) is 26.2 Å². The first-order valence-electron chi connectivity index (χ1n) is 3.50. The maximum absolute atomic E-state index is 7.19. The molecule has 0 rings (SSSR count). The van der Waals surface area contributed by atoms with Crippen molar-refractivity contribution in [2.75, 3.05) is 20.3 Å². The van der Waals surface area contributed by atoms with Crippen LogP contribution in [0.2, 0.25) is 0 Å². The van der Waals surface area contributed by atoms with Crippen molar-refractivity contribution >= 4 is 5.90 Å². The van der Waals surface area contributed by atoms with Gasteiger partial charge in [-0.15, -0.1) is 0 Å². The predicted molar refractivity (Wildman–Crippen MR) is 40.5 cm³/mol. The second kappa shape index (κ2) is 6.55. The highest BCUT2D eigenvalue weighted by atomic mass is 16.5. The van der Waals surface area contributed by atoms with Gasteiger partial charge in [-0.2, -0.15) is 0 Å². The Morgan fingerprint density at radius 1 is 1.50 bits per heavy atom. The third-order valence-electron chi connectivity index (χ3n) is 1.07. The van der Waals surface area contributed by atoms with E-state index in [4.69, 9.17) is 14.9 Å². The van der Waals surface area contributed by atoms with Gasteiger partial charge in [0.2, 0.25) is 0 Å². The second-order valence-electron chi connectivity index (χ2n) is 1.95. The fourth-order valence-corrected chi connectivity index (χ4v) is 0.623. The lowest BCUT2D eigenvalue weighted by Crippen LogP contribution is -2.03. The highest BCUT2D eigenvalue weighted by Crippen LogP contribution is 1.92. The minimum atomic E-state index is 0.361. The molecule has 0 aromatic heterocycles. The quantitative estimate of drug-likeness (QED) is 0.361. The first-order chi connectivity index (χ1) is 4.81. The maximum Gasteiger partial charge on any atom is 0.180 e. The molecule has 0 bridgehead atoms. The molecule has 0 unspecified atom stereocenters. The summed E-state index contributed by atoms with van der Waals surface area (Å²) in [7, 11) is 1.66. The van der Waals surface area contributed by atoms with Crippen LogP contribution in [0.25, 0.3) is 0 Å². The molecule has 0 saturated heterocycles. The van der Waals surface area contributed by atoms with Crippen LogP contribution < -0.4 is 0 Å². The number of ether oxygens (including phenoxy) is 2. The van der Waals surface area contributed by atoms with Gasteiger partial charge >= 0.3 is 0 Å². The fourth-order valence-electron chi connectivity index (χ4n) is 0.623. The van der Waals surface area contributed by atoms with Crippen molar-refractivity contribution in [1.82, 2.24) is 0 Å². The molecule has 0 heterocycles. The molecule has 0 amide bonds. The monoisotopic (exact) mass is 145 g/mol. The van der Waals surface area contributed by atoms with Gasteiger partial charge in [0.25, 0.3) is 0 Å². The van der Waals surface area contributed by atoms with Crippen LogP contribution >= 0.6 is 0 Å². The summed E-state index contributed by atoms with van der Waals surface area (Å²) in [5.74, 6) is 0.361. The summed E-state index contributed by atoms with van der Waals surface area (Å²) in [6, 6.07) is 0. The Kier molecular flexibility index (Phi) is 6.18. The van der Waals surface area contributed by atoms with Crippen molar-refractivity contribution < 1.29 is 9.47 Å². The van der Waals surface area contributed by atoms with E-state index in [0.717, 1.165) is 6.42 Å². The highest BCUT2D eigenvalue weighted by molar-refractivity contribution is 5.72. The fraction of sp³-hybridized carbons (Fsp3) is 0.857. The van der Waals surface area contributed by atoms with E-state index >= 15 is 0 Å². The van der Waals surface area contributed by atoms with Gasteiger partial charge in [0, 0.05) is 20.1 Å². The molecule has 0 aliphatic carbocycles. The summed E-state index contributed by atoms with van der Waals surface area (Å²) in [5, 5.41) is 7.19. The second-order valence-corrected chi connectivity index (χ2v) is 1.95. The Labute approximate surface area is 61.8 Å². The lowest BCUT2D eigenvalue weighted by molar-refractivity contribution is 0.193. The van der Waals surface area contributed by atoms with Gasteiger partial charge in [-0.05, 0) is 13.3 Å². The molecule has 60 valence electrons. The summed E-state index contributed by atoms with van der Waals surface area (Å²) in [4.78, 5) is 0. The minimum absolute atomic E-state index is 0.361. The molecule has 3 heteroatoms. The van der Waals surface area contributed by atoms with Crippen molar-refractivity contribution in [3.63, 3.8) is 0 Å². The van der Waals surface area contributed by atoms with Crippen LogP contribution in [0.3, 0.4) is 0 Å². The van der Waals surface area contributed by atoms with E-state index in [0.29, 0.717) is 25.5 Å². The molecule has 3 nitrogen and oxygen atoms in total. The molecule has 0 atom stereocenters. The number of rotatable bonds is 5. The molecule has 1 N–H and O–H groups in total. The van der Waals surface area contributed by atoms with Crippen molar-refractivity contribution in [3.8, 4) is 0 Å². The first kappa shape index (κ1) is 9.43. The van der Waals surface area contributed by atoms with E-state index in [2.05, 4.69) is 0 Å². The molecular formula is C7H15NO2. The Balaban J connectivity index is 3.05. The summed E-state index contributed by atoms with van der Waals surface area (Å²) < 4.78 is 9.73. The zero-order chi connectivity index (χ0) is 7.82. The van der Waals surface area contributed by atoms with Gasteiger partial charge < -0.3 is 9.47 Å². The summed E-state index contributed by atoms with van der Waals surface area (Å²) >= 11 is 0. The van der Waals surface area contributed by atoms with Gasteiger partial charge in [-0.25, -0.2) is 0 Å². The lowest BCUT2D eigenvalue weighted by atomic mass is 10.3. The molecule has 0 radical (unpaired) electrons. The maximum atomic E-state index is 7.19. The van der Waals surface area contributed by atoms with Crippen molar-refractivity contribution in [1.29, 1.82) is 5.41 Å². The van der Waals surface area contributed by atoms with E-state index in [-0.39, 0.29) is 0 Å². The molecule has 0 fully saturated rings. The van der Waals surface area contributed by atoms with Crippen molar-refractivity contribution in [3.05, 3.63) is 0 Å². The molecule has 10 heavy (non-hydrogen) atoms. The van der Waals surface area contributed by atoms with Crippen LogP contribution in [0.4, 0.5) is 0 Å². The van der Waals surface area contributed by atoms with Gasteiger partial charge in [0.05, 0.1) is 6.61 Å². The summed E-state index contributed by atoms with van der Waals surface area (Å²) in [6.45, 7) is 3.17. The lowest BCUT2D eigenvalue weighted by Gasteiger charge is -2.02. The minimum Gasteiger partial charge on any atom is -0.481 e. The van der Waals surface area contributed by atoms with Crippen molar-refractivity contribution in [2.24, 2.45) is 0 Å². The smallest absolute Gasteiger partial charge is 0.180 e. The predicted octanol–water partition coefficient (Wildman–Crippen LogP) is 1.43. The third-order valence-corrected chi connectivity index (χ3v) is 1.07. The van der Waals surface area contributed by atoms with Crippen LogP contribution in [-0.2, 0) is 9.47 Å². The van der Waals surface area contributed by atoms with Crippen LogP contribution in [0.5, 0.6) is 0 Å². The average molecular weight is 145 g/mol. The number of hydrogen-bond donors (Lipinski definition) is 1. The normalized spacial score (nSPS) is 9.40. The SMILES string of the molecule is CCOC(=N)CCCOC. The third kappa shape index (κ3) is 5.56. The summed E-state index contributed by atoms with van der Waals surface area (Å²) in [5.41, 5.74) is 0. The van der Waals surface area contributed by atoms with E-state index in [1.807, 2.05) is 6.92 Å². The number of methoxy groups -OCH3 is 1. The topological polar surface area (TPSA) is 42.3 Å². The van der Waals surface area contributed by atoms with Crippen molar-refractivity contribution in [2.45, 2.75) is 19.8 Å². The molecule has 0 aliphatic heterocycles. The Morgan fingerprint density at radius 3 is 2.70 bits per heavy atom. The van der Waals surface area contributed by atoms with E-state index in [9.17, 15) is 0 Å². The van der Waals surface area contributed by atoms with Crippen LogP contribution in [0.15, 0.2) is 0 Å². The largest absolute Gasteiger partial charge is 0.481 e. The van der Waals surface area contributed by atoms with Gasteiger partial charge in [0.1, 0.15) is 0 Å². The molecule has 0 spiro atoms. The first-order valence-corrected chi connectivity index (χ1v) is 3.50. The van der Waals surface area contributed by atoms with Gasteiger partial charge in [0.15, 0.2) is 5.90 Å². The van der Waals surface area contributed by atoms with E-state index in [1.54, 1.807) is 7.11 Å². The van der Waals surface area contributed by atoms with E-state index < -0.39 is 0 Å². The van der Waals surface area contributed by atoms with Gasteiger partial charge in [-0.3, -0.25) is 5.41 Å². The van der Waals surface area contributed by atoms with Crippen LogP contribution in [0, 0.1) is 5.41 Å². The van der Waals surface area contributed by atoms with E-state index in [1.165, 1.54) is 0 Å². The molecule has 0 aromatic rings. The Bertz CT molecular complexity index is 93.6. The summed E-state index contributed by atoms with van der Waals surface area (Å²) in [6.07, 6.45) is 1.55. The molecule has 0 aromatic carbocycles. The standard InChI is InChI=1S/C7H15NO2/c1-3-10-7(8)5-4-6-9-2/h8H,3-6H2,1-2H3. The highest BCUT2D eigenvalue weighted by Gasteiger charge is 1.94. The number of hydrogen-bond acceptors (Lipinski definition) is 3. The Hall–Kier alpha value is -0.570. The number of nitrogens with one attached hydrogen (secondary N) is 1. The zero-order valence-corrected chi connectivity index (χ0v) is 6.64.